The first-order valence-electron chi connectivity index (χ1n) is 10.3. The summed E-state index contributed by atoms with van der Waals surface area (Å²) >= 11 is 5.12. The first-order chi connectivity index (χ1) is 13.8. The third kappa shape index (κ3) is 6.12. The summed E-state index contributed by atoms with van der Waals surface area (Å²) in [5, 5.41) is 0. The maximum absolute atomic E-state index is 12.4. The zero-order valence-electron chi connectivity index (χ0n) is 17.5. The van der Waals surface area contributed by atoms with Crippen molar-refractivity contribution in [3.63, 3.8) is 0 Å². The van der Waals surface area contributed by atoms with Crippen molar-refractivity contribution < 1.29 is 17.9 Å². The zero-order valence-corrected chi connectivity index (χ0v) is 19.2. The van der Waals surface area contributed by atoms with E-state index in [0.717, 1.165) is 50.8 Å². The number of nitrogens with zero attached hydrogens (tertiary/aromatic N) is 1. The molecule has 0 saturated heterocycles. The van der Waals surface area contributed by atoms with Gasteiger partial charge in [-0.05, 0) is 31.4 Å². The number of hydrogen-bond donors (Lipinski definition) is 0. The molecule has 1 heterocycles. The number of unbranched alkanes of at least 4 members (excludes halogenated alkanes) is 4. The van der Waals surface area contributed by atoms with E-state index in [-0.39, 0.29) is 16.1 Å². The van der Waals surface area contributed by atoms with Crippen LogP contribution in [0.1, 0.15) is 57.9 Å². The van der Waals surface area contributed by atoms with Crippen LogP contribution in [-0.4, -0.2) is 43.7 Å². The molecule has 5 nitrogen and oxygen atoms in total. The molecule has 1 aliphatic rings. The lowest BCUT2D eigenvalue weighted by molar-refractivity contribution is -0.148. The topological polar surface area (TPSA) is 63.7 Å². The third-order valence-corrected chi connectivity index (χ3v) is 7.64. The van der Waals surface area contributed by atoms with E-state index in [9.17, 15) is 13.2 Å². The fourth-order valence-corrected chi connectivity index (χ4v) is 4.77. The van der Waals surface area contributed by atoms with Gasteiger partial charge in [-0.1, -0.05) is 63.5 Å². The SMILES string of the molecule is CCC(C)C(=O)OCCCCCCCN(C)C1=CC(=S)S(=O)(=O)c2ccccc21. The van der Waals surface area contributed by atoms with E-state index in [0.29, 0.717) is 17.1 Å². The second kappa shape index (κ2) is 10.9. The molecule has 0 N–H and O–H groups in total. The van der Waals surface area contributed by atoms with Crippen molar-refractivity contribution in [2.24, 2.45) is 5.92 Å². The second-order valence-electron chi connectivity index (χ2n) is 7.51. The van der Waals surface area contributed by atoms with E-state index in [1.165, 1.54) is 0 Å². The monoisotopic (exact) mass is 437 g/mol. The van der Waals surface area contributed by atoms with Gasteiger partial charge in [0.2, 0.25) is 9.84 Å². The summed E-state index contributed by atoms with van der Waals surface area (Å²) in [7, 11) is -1.58. The number of rotatable bonds is 11. The van der Waals surface area contributed by atoms with Crippen LogP contribution in [0.5, 0.6) is 0 Å². The van der Waals surface area contributed by atoms with Gasteiger partial charge in [0.25, 0.3) is 0 Å². The maximum atomic E-state index is 12.4. The highest BCUT2D eigenvalue weighted by molar-refractivity contribution is 8.18. The summed E-state index contributed by atoms with van der Waals surface area (Å²) < 4.78 is 30.1. The molecule has 1 aromatic rings. The summed E-state index contributed by atoms with van der Waals surface area (Å²) in [5.41, 5.74) is 1.57. The number of hydrogen-bond acceptors (Lipinski definition) is 6. The van der Waals surface area contributed by atoms with E-state index in [1.54, 1.807) is 18.2 Å². The van der Waals surface area contributed by atoms with E-state index in [1.807, 2.05) is 33.0 Å². The van der Waals surface area contributed by atoms with Crippen LogP contribution < -0.4 is 0 Å². The van der Waals surface area contributed by atoms with Gasteiger partial charge in [-0.3, -0.25) is 4.79 Å². The van der Waals surface area contributed by atoms with Crippen molar-refractivity contribution in [1.82, 2.24) is 4.90 Å². The molecule has 0 saturated carbocycles. The molecule has 0 bridgehead atoms. The van der Waals surface area contributed by atoms with Crippen LogP contribution in [0, 0.1) is 5.92 Å². The summed E-state index contributed by atoms with van der Waals surface area (Å²) in [6.45, 7) is 5.20. The molecule has 2 rings (SSSR count). The Labute approximate surface area is 180 Å². The number of esters is 1. The molecule has 1 atom stereocenters. The van der Waals surface area contributed by atoms with Crippen molar-refractivity contribution in [3.05, 3.63) is 35.9 Å². The summed E-state index contributed by atoms with van der Waals surface area (Å²) in [4.78, 5) is 14.0. The van der Waals surface area contributed by atoms with E-state index >= 15 is 0 Å². The van der Waals surface area contributed by atoms with Crippen molar-refractivity contribution in [1.29, 1.82) is 0 Å². The Morgan fingerprint density at radius 2 is 1.79 bits per heavy atom. The van der Waals surface area contributed by atoms with E-state index in [2.05, 4.69) is 4.90 Å². The molecule has 1 unspecified atom stereocenters. The number of fused-ring (bicyclic) bond motifs is 1. The Balaban J connectivity index is 1.74. The van der Waals surface area contributed by atoms with Gasteiger partial charge in [-0.2, -0.15) is 0 Å². The van der Waals surface area contributed by atoms with Crippen LogP contribution >= 0.6 is 12.2 Å². The Morgan fingerprint density at radius 1 is 1.14 bits per heavy atom. The normalized spacial score (nSPS) is 16.0. The lowest BCUT2D eigenvalue weighted by atomic mass is 10.1. The van der Waals surface area contributed by atoms with Gasteiger partial charge >= 0.3 is 5.97 Å². The summed E-state index contributed by atoms with van der Waals surface area (Å²) in [5.74, 6) is -0.122. The van der Waals surface area contributed by atoms with Gasteiger partial charge < -0.3 is 9.64 Å². The molecule has 0 amide bonds. The number of carbonyl (C=O) groups is 1. The zero-order chi connectivity index (χ0) is 21.4. The third-order valence-electron chi connectivity index (χ3n) is 5.28. The Kier molecular flexibility index (Phi) is 8.83. The van der Waals surface area contributed by atoms with Gasteiger partial charge in [0.1, 0.15) is 4.20 Å². The molecule has 0 aromatic heterocycles. The highest BCUT2D eigenvalue weighted by atomic mass is 32.2. The minimum atomic E-state index is -3.55. The predicted octanol–water partition coefficient (Wildman–Crippen LogP) is 4.61. The first-order valence-corrected chi connectivity index (χ1v) is 12.2. The van der Waals surface area contributed by atoms with Crippen molar-refractivity contribution >= 4 is 37.9 Å². The van der Waals surface area contributed by atoms with Crippen LogP contribution in [0.4, 0.5) is 0 Å². The van der Waals surface area contributed by atoms with Crippen molar-refractivity contribution in [2.45, 2.75) is 57.3 Å². The largest absolute Gasteiger partial charge is 0.465 e. The molecule has 0 aliphatic carbocycles. The summed E-state index contributed by atoms with van der Waals surface area (Å²) in [6.07, 6.45) is 7.48. The van der Waals surface area contributed by atoms with E-state index < -0.39 is 9.84 Å². The average molecular weight is 438 g/mol. The van der Waals surface area contributed by atoms with Crippen LogP contribution in [-0.2, 0) is 19.4 Å². The number of benzene rings is 1. The Hall–Kier alpha value is -1.73. The van der Waals surface area contributed by atoms with E-state index in [4.69, 9.17) is 17.0 Å². The summed E-state index contributed by atoms with van der Waals surface area (Å²) in [6, 6.07) is 7.02. The van der Waals surface area contributed by atoms with Gasteiger partial charge in [0, 0.05) is 24.9 Å². The lowest BCUT2D eigenvalue weighted by Crippen LogP contribution is -2.25. The fraction of sp³-hybridized carbons (Fsp3) is 0.545. The first kappa shape index (κ1) is 23.5. The van der Waals surface area contributed by atoms with Crippen LogP contribution in [0.15, 0.2) is 35.2 Å². The molecule has 1 aliphatic heterocycles. The molecule has 1 aromatic carbocycles. The molecule has 0 spiro atoms. The van der Waals surface area contributed by atoms with Crippen molar-refractivity contribution in [2.75, 3.05) is 20.2 Å². The van der Waals surface area contributed by atoms with Gasteiger partial charge in [0.15, 0.2) is 0 Å². The molecular formula is C22H31NO4S2. The van der Waals surface area contributed by atoms with Crippen LogP contribution in [0.25, 0.3) is 5.70 Å². The molecule has 160 valence electrons. The predicted molar refractivity (Wildman–Crippen MR) is 120 cm³/mol. The fourth-order valence-electron chi connectivity index (χ4n) is 3.19. The standard InChI is InChI=1S/C22H31NO4S2/c1-4-17(2)22(24)27-15-11-7-5-6-10-14-23(3)19-16-21(28)29(25,26)20-13-9-8-12-18(19)20/h8-9,12-13,16-17H,4-7,10-11,14-15H2,1-3H3. The minimum absolute atomic E-state index is 0.0207. The second-order valence-corrected chi connectivity index (χ2v) is 10.1. The van der Waals surface area contributed by atoms with Crippen LogP contribution in [0.3, 0.4) is 0 Å². The number of thiocarbonyl (C=S) groups is 1. The Morgan fingerprint density at radius 3 is 2.52 bits per heavy atom. The highest BCUT2D eigenvalue weighted by Gasteiger charge is 2.30. The highest BCUT2D eigenvalue weighted by Crippen LogP contribution is 2.32. The number of sulfone groups is 1. The average Bonchev–Trinajstić information content (AvgIpc) is 2.71. The molecule has 7 heteroatoms. The van der Waals surface area contributed by atoms with Crippen LogP contribution in [0.2, 0.25) is 0 Å². The molecule has 29 heavy (non-hydrogen) atoms. The van der Waals surface area contributed by atoms with Gasteiger partial charge in [-0.25, -0.2) is 8.42 Å². The Bertz CT molecular complexity index is 861. The van der Waals surface area contributed by atoms with Gasteiger partial charge in [0.05, 0.1) is 17.4 Å². The molecule has 0 radical (unpaired) electrons. The smallest absolute Gasteiger partial charge is 0.308 e. The van der Waals surface area contributed by atoms with Gasteiger partial charge in [-0.15, -0.1) is 0 Å². The van der Waals surface area contributed by atoms with Crippen molar-refractivity contribution in [3.8, 4) is 0 Å². The maximum Gasteiger partial charge on any atom is 0.308 e. The lowest BCUT2D eigenvalue weighted by Gasteiger charge is -2.27. The number of ether oxygens (including phenoxy) is 1. The molecular weight excluding hydrogens is 406 g/mol. The molecule has 0 fully saturated rings. The number of carbonyl (C=O) groups excluding carboxylic acids is 1. The quantitative estimate of drug-likeness (QED) is 0.286. The minimum Gasteiger partial charge on any atom is -0.465 e.